The number of nitrogen functional groups attached to an aromatic ring is 1. The molecule has 0 radical (unpaired) electrons. The summed E-state index contributed by atoms with van der Waals surface area (Å²) in [6.07, 6.45) is 0. The van der Waals surface area contributed by atoms with Crippen molar-refractivity contribution in [2.75, 3.05) is 27.1 Å². The van der Waals surface area contributed by atoms with Crippen molar-refractivity contribution in [3.05, 3.63) is 120 Å². The van der Waals surface area contributed by atoms with E-state index in [1.165, 1.54) is 75.9 Å². The smallest absolute Gasteiger partial charge is 0.872 e. The summed E-state index contributed by atoms with van der Waals surface area (Å²) in [7, 11) is -11.4. The van der Waals surface area contributed by atoms with Crippen LogP contribution in [0.3, 0.4) is 0 Å². The predicted molar refractivity (Wildman–Crippen MR) is 273 cm³/mol. The Morgan fingerprint density at radius 2 is 1.09 bits per heavy atom. The van der Waals surface area contributed by atoms with Crippen molar-refractivity contribution in [1.29, 1.82) is 0 Å². The molecule has 8 aromatic carbocycles. The number of methoxy groups -OCH3 is 3. The first kappa shape index (κ1) is 65.3. The third-order valence-electron chi connectivity index (χ3n) is 11.5. The van der Waals surface area contributed by atoms with Crippen molar-refractivity contribution >= 4 is 109 Å². The molecule has 0 fully saturated rings. The quantitative estimate of drug-likeness (QED) is 0.0388. The second-order valence-corrected chi connectivity index (χ2v) is 20.6. The number of nitrogens with zero attached hydrogens (tertiary/aromatic N) is 8. The standard InChI is InChI=1S/C49H39N9O17S3.3Na/c1-23-16-36(40(75-4)22-35(23)53-51-26-9-15-37(59)32(20-26)49(62)63)54-55-43-31-21-42(78(70,71)72)46(48(61)30(31)12-13-33(43)50)58-56-44-28(6-5-7-38(44)73-2)24-8-14-34(39(18-24)74-3)52-57-45-41(77(67,68)69)19-25-17-27(76(64,65)66)10-11-29(25)47(45)60;;;/h5-22,59-61H,50H2,1-4H3,(H,62,63)(H,64,65,66)(H,67,68,69)(H,70,71,72);;;/q;3*+1/p-3. The van der Waals surface area contributed by atoms with Crippen molar-refractivity contribution in [2.45, 2.75) is 21.6 Å². The SMILES string of the molecule is COc1cc(-c2cccc(OC)c2N=Nc2c(S(=O)(=O)O)cc3c(N=Nc4cc(C)c(N=Nc5ccc([O-])c(C(=O)O)c5)cc4OC)c(N)ccc3c2[O-])ccc1N=Nc1c(S(=O)(=O)O)cc2cc(S(=O)(=O)O)ccc2c1[O-].[Na+].[Na+].[Na+]. The van der Waals surface area contributed by atoms with Gasteiger partial charge in [-0.2, -0.15) is 35.5 Å². The Morgan fingerprint density at radius 1 is 0.519 bits per heavy atom. The van der Waals surface area contributed by atoms with E-state index in [2.05, 4.69) is 40.9 Å². The number of rotatable bonds is 16. The molecule has 26 nitrogen and oxygen atoms in total. The van der Waals surface area contributed by atoms with E-state index < -0.39 is 85.2 Å². The van der Waals surface area contributed by atoms with Crippen LogP contribution in [0.2, 0.25) is 0 Å². The molecule has 8 rings (SSSR count). The van der Waals surface area contributed by atoms with Gasteiger partial charge in [-0.1, -0.05) is 53.6 Å². The van der Waals surface area contributed by atoms with E-state index in [1.54, 1.807) is 19.1 Å². The minimum atomic E-state index is -5.27. The average molecular weight is 1190 g/mol. The molecule has 0 amide bonds. The molecular formula is C49H36N9Na3O17S3. The van der Waals surface area contributed by atoms with Gasteiger partial charge in [-0.15, -0.1) is 30.7 Å². The van der Waals surface area contributed by atoms with E-state index in [-0.39, 0.29) is 173 Å². The van der Waals surface area contributed by atoms with E-state index in [1.807, 2.05) is 0 Å². The molecule has 0 saturated heterocycles. The summed E-state index contributed by atoms with van der Waals surface area (Å²) in [5.74, 6) is -4.12. The second-order valence-electron chi connectivity index (χ2n) is 16.4. The average Bonchev–Trinajstić information content (AvgIpc) is 3.42. The molecule has 400 valence electrons. The van der Waals surface area contributed by atoms with Gasteiger partial charge in [0, 0.05) is 17.0 Å². The third-order valence-corrected chi connectivity index (χ3v) is 14.1. The molecule has 0 aliphatic heterocycles. The van der Waals surface area contributed by atoms with E-state index in [9.17, 15) is 64.1 Å². The first-order valence-electron chi connectivity index (χ1n) is 21.8. The maximum atomic E-state index is 14.3. The molecule has 0 aromatic heterocycles. The molecule has 0 unspecified atom stereocenters. The van der Waals surface area contributed by atoms with Crippen molar-refractivity contribution in [3.63, 3.8) is 0 Å². The number of benzene rings is 8. The molecule has 0 atom stereocenters. The van der Waals surface area contributed by atoms with Crippen LogP contribution in [0.15, 0.2) is 165 Å². The summed E-state index contributed by atoms with van der Waals surface area (Å²) in [5, 5.41) is 81.0. The van der Waals surface area contributed by atoms with E-state index >= 15 is 0 Å². The van der Waals surface area contributed by atoms with Crippen LogP contribution in [0, 0.1) is 6.92 Å². The molecule has 0 bridgehead atoms. The Morgan fingerprint density at radius 3 is 1.72 bits per heavy atom. The van der Waals surface area contributed by atoms with Gasteiger partial charge in [0.05, 0.1) is 60.2 Å². The van der Waals surface area contributed by atoms with Crippen molar-refractivity contribution < 1.29 is 167 Å². The number of nitrogens with two attached hydrogens (primary N) is 1. The minimum absolute atomic E-state index is 0. The zero-order valence-electron chi connectivity index (χ0n) is 43.4. The van der Waals surface area contributed by atoms with E-state index in [0.29, 0.717) is 11.1 Å². The first-order valence-corrected chi connectivity index (χ1v) is 26.2. The topological polar surface area (TPSA) is 422 Å². The van der Waals surface area contributed by atoms with Crippen LogP contribution in [0.25, 0.3) is 32.7 Å². The van der Waals surface area contributed by atoms with Gasteiger partial charge >= 0.3 is 94.6 Å². The number of aromatic carboxylic acids is 1. The number of carboxylic acid groups (broad SMARTS) is 1. The summed E-state index contributed by atoms with van der Waals surface area (Å²) in [6.45, 7) is 1.64. The summed E-state index contributed by atoms with van der Waals surface area (Å²) in [5.41, 5.74) is 5.17. The number of ether oxygens (including phenoxy) is 3. The van der Waals surface area contributed by atoms with Gasteiger partial charge in [0.25, 0.3) is 30.4 Å². The largest absolute Gasteiger partial charge is 1.00 e. The molecule has 0 spiro atoms. The van der Waals surface area contributed by atoms with Gasteiger partial charge < -0.3 is 40.4 Å². The summed E-state index contributed by atoms with van der Waals surface area (Å²) in [4.78, 5) is 8.76. The van der Waals surface area contributed by atoms with Crippen molar-refractivity contribution in [3.8, 4) is 45.6 Å². The number of hydrogen-bond donors (Lipinski definition) is 5. The number of fused-ring (bicyclic) bond motifs is 2. The predicted octanol–water partition coefficient (Wildman–Crippen LogP) is 0.909. The van der Waals surface area contributed by atoms with Gasteiger partial charge in [0.15, 0.2) is 0 Å². The molecular weight excluding hydrogens is 1150 g/mol. The summed E-state index contributed by atoms with van der Waals surface area (Å²) < 4.78 is 121. The third kappa shape index (κ3) is 14.0. The molecule has 81 heavy (non-hydrogen) atoms. The normalized spacial score (nSPS) is 12.0. The monoisotopic (exact) mass is 1190 g/mol. The summed E-state index contributed by atoms with van der Waals surface area (Å²) >= 11 is 0. The molecule has 8 aromatic rings. The van der Waals surface area contributed by atoms with Gasteiger partial charge in [-0.3, -0.25) is 13.7 Å². The van der Waals surface area contributed by atoms with Crippen molar-refractivity contribution in [1.82, 2.24) is 0 Å². The minimum Gasteiger partial charge on any atom is -0.872 e. The van der Waals surface area contributed by atoms with Crippen molar-refractivity contribution in [2.24, 2.45) is 40.9 Å². The fourth-order valence-corrected chi connectivity index (χ4v) is 9.52. The van der Waals surface area contributed by atoms with Crippen LogP contribution in [0.5, 0.6) is 34.5 Å². The van der Waals surface area contributed by atoms with E-state index in [4.69, 9.17) is 19.9 Å². The fraction of sp³-hybridized carbons (Fsp3) is 0.0816. The summed E-state index contributed by atoms with van der Waals surface area (Å²) in [6, 6.07) is 22.2. The van der Waals surface area contributed by atoms with Crippen LogP contribution in [-0.4, -0.2) is 71.3 Å². The number of carboxylic acids is 1. The number of anilines is 1. The maximum Gasteiger partial charge on any atom is 1.00 e. The molecule has 6 N–H and O–H groups in total. The maximum absolute atomic E-state index is 14.3. The van der Waals surface area contributed by atoms with Gasteiger partial charge in [-0.25, -0.2) is 4.79 Å². The Labute approximate surface area is 526 Å². The zero-order chi connectivity index (χ0) is 56.6. The molecule has 32 heteroatoms. The van der Waals surface area contributed by atoms with Crippen LogP contribution < -0.4 is 124 Å². The number of hydrogen-bond acceptors (Lipinski definition) is 22. The van der Waals surface area contributed by atoms with Gasteiger partial charge in [0.1, 0.15) is 49.8 Å². The zero-order valence-corrected chi connectivity index (χ0v) is 51.8. The van der Waals surface area contributed by atoms with Gasteiger partial charge in [0.2, 0.25) is 0 Å². The Balaban J connectivity index is 0.00000401. The Bertz CT molecular complexity index is 4320. The number of carbonyl (C=O) groups is 1. The first-order chi connectivity index (χ1) is 36.8. The molecule has 0 heterocycles. The molecule has 0 aliphatic carbocycles. The van der Waals surface area contributed by atoms with Crippen LogP contribution in [-0.2, 0) is 30.4 Å². The second kappa shape index (κ2) is 26.2. The molecule has 0 aliphatic rings. The van der Waals surface area contributed by atoms with Crippen LogP contribution in [0.4, 0.5) is 51.2 Å². The Hall–Kier alpha value is -6.52. The van der Waals surface area contributed by atoms with E-state index in [0.717, 1.165) is 42.5 Å². The fourth-order valence-electron chi connectivity index (χ4n) is 7.71. The molecule has 0 saturated carbocycles. The van der Waals surface area contributed by atoms with Crippen LogP contribution in [0.1, 0.15) is 15.9 Å². The number of azo groups is 4. The van der Waals surface area contributed by atoms with Crippen LogP contribution >= 0.6 is 0 Å². The Kier molecular flexibility index (Phi) is 21.1. The van der Waals surface area contributed by atoms with Gasteiger partial charge in [-0.05, 0) is 101 Å². The number of aryl methyl sites for hydroxylation is 1.